The molecule has 0 radical (unpaired) electrons. The number of halogens is 1. The highest BCUT2D eigenvalue weighted by Crippen LogP contribution is 2.35. The van der Waals surface area contributed by atoms with Crippen LogP contribution >= 0.6 is 0 Å². The topological polar surface area (TPSA) is 73.2 Å². The minimum atomic E-state index is -0.979. The van der Waals surface area contributed by atoms with Gasteiger partial charge in [0.25, 0.3) is 0 Å². The van der Waals surface area contributed by atoms with Gasteiger partial charge in [0.2, 0.25) is 0 Å². The molecule has 2 aromatic rings. The minimum Gasteiger partial charge on any atom is -0.508 e. The molecule has 2 aliphatic rings. The summed E-state index contributed by atoms with van der Waals surface area (Å²) in [5.41, 5.74) is 2.64. The Balaban J connectivity index is 1.40. The fourth-order valence-corrected chi connectivity index (χ4v) is 4.18. The lowest BCUT2D eigenvalue weighted by Gasteiger charge is -2.39. The van der Waals surface area contributed by atoms with Crippen molar-refractivity contribution in [3.63, 3.8) is 0 Å². The van der Waals surface area contributed by atoms with Crippen LogP contribution in [0.1, 0.15) is 41.2 Å². The number of phenolic OH excluding ortho intramolecular Hbond substituents is 1. The first-order valence-corrected chi connectivity index (χ1v) is 9.76. The molecule has 2 aromatic carbocycles. The molecule has 6 heteroatoms. The number of phenols is 1. The molecular weight excluding hydrogens is 361 g/mol. The van der Waals surface area contributed by atoms with Gasteiger partial charge in [-0.15, -0.1) is 0 Å². The molecule has 150 valence electrons. The Hall–Kier alpha value is -1.99. The number of rotatable bonds is 4. The number of piperidine rings is 1. The number of β-amino-alcohol motifs (C(OH)–C–C–N with tert-alkyl or cyclic N) is 1. The van der Waals surface area contributed by atoms with Crippen molar-refractivity contribution in [2.45, 2.75) is 37.6 Å². The van der Waals surface area contributed by atoms with Crippen molar-refractivity contribution in [1.82, 2.24) is 4.90 Å². The van der Waals surface area contributed by atoms with E-state index >= 15 is 0 Å². The summed E-state index contributed by atoms with van der Waals surface area (Å²) in [7, 11) is 0. The van der Waals surface area contributed by atoms with Gasteiger partial charge in [0.1, 0.15) is 11.6 Å². The van der Waals surface area contributed by atoms with Crippen LogP contribution in [-0.4, -0.2) is 46.5 Å². The highest BCUT2D eigenvalue weighted by atomic mass is 19.1. The van der Waals surface area contributed by atoms with Crippen LogP contribution in [0.25, 0.3) is 0 Å². The van der Waals surface area contributed by atoms with Gasteiger partial charge in [-0.3, -0.25) is 0 Å². The molecule has 0 aliphatic carbocycles. The molecule has 0 saturated carbocycles. The summed E-state index contributed by atoms with van der Waals surface area (Å²) in [6, 6.07) is 9.95. The fourth-order valence-electron chi connectivity index (χ4n) is 4.18. The second-order valence-electron chi connectivity index (χ2n) is 7.84. The quantitative estimate of drug-likeness (QED) is 0.752. The summed E-state index contributed by atoms with van der Waals surface area (Å²) in [6.45, 7) is 2.85. The third-order valence-electron chi connectivity index (χ3n) is 5.97. The number of aromatic hydroxyl groups is 1. The van der Waals surface area contributed by atoms with E-state index in [2.05, 4.69) is 12.1 Å². The van der Waals surface area contributed by atoms with Crippen LogP contribution < -0.4 is 0 Å². The predicted molar refractivity (Wildman–Crippen MR) is 102 cm³/mol. The Morgan fingerprint density at radius 1 is 1.11 bits per heavy atom. The third kappa shape index (κ3) is 3.91. The monoisotopic (exact) mass is 387 g/mol. The normalized spacial score (nSPS) is 20.5. The molecule has 0 bridgehead atoms. The molecule has 4 rings (SSSR count). The predicted octanol–water partition coefficient (Wildman–Crippen LogP) is 2.62. The number of aliphatic hydroxyl groups is 2. The Morgan fingerprint density at radius 2 is 1.89 bits per heavy atom. The highest BCUT2D eigenvalue weighted by molar-refractivity contribution is 5.36. The fraction of sp³-hybridized carbons (Fsp3) is 0.455. The lowest BCUT2D eigenvalue weighted by molar-refractivity contribution is -0.0348. The van der Waals surface area contributed by atoms with Crippen LogP contribution in [0.5, 0.6) is 5.75 Å². The Morgan fingerprint density at radius 3 is 2.64 bits per heavy atom. The van der Waals surface area contributed by atoms with Crippen molar-refractivity contribution >= 4 is 0 Å². The van der Waals surface area contributed by atoms with E-state index in [0.29, 0.717) is 32.5 Å². The summed E-state index contributed by atoms with van der Waals surface area (Å²) in [4.78, 5) is 2.03. The maximum Gasteiger partial charge on any atom is 0.132 e. The van der Waals surface area contributed by atoms with Crippen molar-refractivity contribution < 1.29 is 24.4 Å². The minimum absolute atomic E-state index is 0.160. The van der Waals surface area contributed by atoms with E-state index in [-0.39, 0.29) is 17.9 Å². The van der Waals surface area contributed by atoms with Gasteiger partial charge >= 0.3 is 0 Å². The lowest BCUT2D eigenvalue weighted by atomic mass is 9.82. The number of hydrogen-bond acceptors (Lipinski definition) is 5. The SMILES string of the molecule is Oc1ccc(C(O)CN2CCC(O)(c3ccc4c(c3)COCC4)CC2)c(F)c1. The molecule has 5 nitrogen and oxygen atoms in total. The van der Waals surface area contributed by atoms with Crippen molar-refractivity contribution in [2.75, 3.05) is 26.2 Å². The van der Waals surface area contributed by atoms with E-state index in [4.69, 9.17) is 4.74 Å². The van der Waals surface area contributed by atoms with Gasteiger partial charge in [0.05, 0.1) is 24.9 Å². The molecule has 1 atom stereocenters. The Labute approximate surface area is 164 Å². The summed E-state index contributed by atoms with van der Waals surface area (Å²) in [5.74, 6) is -0.774. The third-order valence-corrected chi connectivity index (χ3v) is 5.97. The number of fused-ring (bicyclic) bond motifs is 1. The van der Waals surface area contributed by atoms with Crippen LogP contribution in [0.15, 0.2) is 36.4 Å². The van der Waals surface area contributed by atoms with Gasteiger partial charge in [-0.2, -0.15) is 0 Å². The zero-order valence-corrected chi connectivity index (χ0v) is 15.8. The Kier molecular flexibility index (Phi) is 5.38. The van der Waals surface area contributed by atoms with Gasteiger partial charge < -0.3 is 25.0 Å². The lowest BCUT2D eigenvalue weighted by Crippen LogP contribution is -2.44. The molecule has 0 amide bonds. The van der Waals surface area contributed by atoms with Crippen molar-refractivity contribution in [1.29, 1.82) is 0 Å². The molecule has 3 N–H and O–H groups in total. The average molecular weight is 387 g/mol. The number of hydrogen-bond donors (Lipinski definition) is 3. The molecule has 1 fully saturated rings. The largest absolute Gasteiger partial charge is 0.508 e. The zero-order chi connectivity index (χ0) is 19.7. The van der Waals surface area contributed by atoms with Crippen molar-refractivity contribution in [2.24, 2.45) is 0 Å². The Bertz CT molecular complexity index is 848. The summed E-state index contributed by atoms with van der Waals surface area (Å²) < 4.78 is 19.5. The number of benzene rings is 2. The van der Waals surface area contributed by atoms with Crippen LogP contribution in [0, 0.1) is 5.82 Å². The van der Waals surface area contributed by atoms with Crippen molar-refractivity contribution in [3.05, 3.63) is 64.5 Å². The van der Waals surface area contributed by atoms with Gasteiger partial charge in [0.15, 0.2) is 0 Å². The summed E-state index contributed by atoms with van der Waals surface area (Å²) in [6.07, 6.45) is 1.04. The van der Waals surface area contributed by atoms with Gasteiger partial charge in [-0.1, -0.05) is 18.2 Å². The zero-order valence-electron chi connectivity index (χ0n) is 15.8. The molecule has 1 unspecified atom stereocenters. The maximum atomic E-state index is 13.9. The first-order valence-electron chi connectivity index (χ1n) is 9.76. The molecule has 1 saturated heterocycles. The van der Waals surface area contributed by atoms with Crippen LogP contribution in [0.4, 0.5) is 4.39 Å². The number of nitrogens with zero attached hydrogens (tertiary/aromatic N) is 1. The van der Waals surface area contributed by atoms with E-state index in [1.807, 2.05) is 11.0 Å². The molecular formula is C22H26FNO4. The van der Waals surface area contributed by atoms with Crippen LogP contribution in [0.3, 0.4) is 0 Å². The van der Waals surface area contributed by atoms with Gasteiger partial charge in [-0.25, -0.2) is 4.39 Å². The molecule has 2 heterocycles. The summed E-state index contributed by atoms with van der Waals surface area (Å²) in [5, 5.41) is 30.9. The second kappa shape index (κ2) is 7.79. The summed E-state index contributed by atoms with van der Waals surface area (Å²) >= 11 is 0. The average Bonchev–Trinajstić information content (AvgIpc) is 2.69. The smallest absolute Gasteiger partial charge is 0.132 e. The van der Waals surface area contributed by atoms with Crippen LogP contribution in [-0.2, 0) is 23.4 Å². The number of ether oxygens (including phenoxy) is 1. The van der Waals surface area contributed by atoms with Gasteiger partial charge in [-0.05, 0) is 48.1 Å². The molecule has 28 heavy (non-hydrogen) atoms. The molecule has 0 spiro atoms. The van der Waals surface area contributed by atoms with Gasteiger partial charge in [0, 0.05) is 31.3 Å². The number of aliphatic hydroxyl groups excluding tert-OH is 1. The maximum absolute atomic E-state index is 13.9. The standard InChI is InChI=1S/C22H26FNO4/c23-20-12-18(25)3-4-19(20)21(26)13-24-8-6-22(27,7-9-24)17-2-1-15-5-10-28-14-16(15)11-17/h1-4,11-12,21,25-27H,5-10,13-14H2. The van der Waals surface area contributed by atoms with Crippen molar-refractivity contribution in [3.8, 4) is 5.75 Å². The highest BCUT2D eigenvalue weighted by Gasteiger charge is 2.35. The van der Waals surface area contributed by atoms with Crippen LogP contribution in [0.2, 0.25) is 0 Å². The van der Waals surface area contributed by atoms with E-state index < -0.39 is 17.5 Å². The van der Waals surface area contributed by atoms with E-state index in [1.54, 1.807) is 0 Å². The van der Waals surface area contributed by atoms with E-state index in [9.17, 15) is 19.7 Å². The first kappa shape index (κ1) is 19.3. The number of likely N-dealkylation sites (tertiary alicyclic amines) is 1. The molecule has 2 aliphatic heterocycles. The molecule has 0 aromatic heterocycles. The van der Waals surface area contributed by atoms with E-state index in [1.165, 1.54) is 17.7 Å². The first-order chi connectivity index (χ1) is 13.4. The second-order valence-corrected chi connectivity index (χ2v) is 7.84. The van der Waals surface area contributed by atoms with E-state index in [0.717, 1.165) is 30.2 Å².